The van der Waals surface area contributed by atoms with E-state index in [1.54, 1.807) is 0 Å². The fourth-order valence-corrected chi connectivity index (χ4v) is 2.97. The number of hydrogen-bond acceptors (Lipinski definition) is 3. The van der Waals surface area contributed by atoms with Gasteiger partial charge in [-0.25, -0.2) is 8.78 Å². The molecule has 2 aromatic carbocycles. The molecule has 0 bridgehead atoms. The zero-order valence-electron chi connectivity index (χ0n) is 14.7. The number of nitrogens with one attached hydrogen (secondary N) is 1. The summed E-state index contributed by atoms with van der Waals surface area (Å²) in [6.45, 7) is 3.62. The molecule has 0 aliphatic carbocycles. The number of piperidine rings is 1. The molecule has 0 aromatic heterocycles. The van der Waals surface area contributed by atoms with Crippen molar-refractivity contribution in [3.63, 3.8) is 0 Å². The van der Waals surface area contributed by atoms with Crippen molar-refractivity contribution >= 4 is 17.3 Å². The van der Waals surface area contributed by atoms with Crippen molar-refractivity contribution < 1.29 is 18.3 Å². The van der Waals surface area contributed by atoms with E-state index < -0.39 is 23.6 Å². The maximum absolute atomic E-state index is 13.6. The maximum atomic E-state index is 13.6. The number of carbonyl (C=O) groups is 1. The van der Waals surface area contributed by atoms with Gasteiger partial charge in [0, 0.05) is 30.5 Å². The SMILES string of the molecule is CC(Oc1ccc(F)cc1F)C(=O)Nc1ccc(N2CCCCC2)cc1. The minimum Gasteiger partial charge on any atom is -0.478 e. The quantitative estimate of drug-likeness (QED) is 0.861. The van der Waals surface area contributed by atoms with E-state index in [0.29, 0.717) is 5.69 Å². The van der Waals surface area contributed by atoms with Gasteiger partial charge in [0.1, 0.15) is 5.82 Å². The molecule has 1 aliphatic heterocycles. The van der Waals surface area contributed by atoms with Crippen LogP contribution < -0.4 is 15.0 Å². The summed E-state index contributed by atoms with van der Waals surface area (Å²) in [5.74, 6) is -2.09. The second kappa shape index (κ2) is 8.17. The molecule has 2 aromatic rings. The summed E-state index contributed by atoms with van der Waals surface area (Å²) >= 11 is 0. The Morgan fingerprint density at radius 2 is 1.77 bits per heavy atom. The molecule has 1 atom stereocenters. The summed E-state index contributed by atoms with van der Waals surface area (Å²) in [5.41, 5.74) is 1.78. The van der Waals surface area contributed by atoms with Crippen molar-refractivity contribution in [3.8, 4) is 5.75 Å². The second-order valence-corrected chi connectivity index (χ2v) is 6.42. The third-order valence-corrected chi connectivity index (χ3v) is 4.42. The van der Waals surface area contributed by atoms with Gasteiger partial charge in [0.15, 0.2) is 17.7 Å². The minimum absolute atomic E-state index is 0.158. The summed E-state index contributed by atoms with van der Waals surface area (Å²) in [7, 11) is 0. The lowest BCUT2D eigenvalue weighted by Crippen LogP contribution is -2.30. The first-order valence-corrected chi connectivity index (χ1v) is 8.80. The molecule has 26 heavy (non-hydrogen) atoms. The molecular weight excluding hydrogens is 338 g/mol. The Balaban J connectivity index is 1.58. The summed E-state index contributed by atoms with van der Waals surface area (Å²) in [5, 5.41) is 2.74. The molecule has 1 amide bonds. The van der Waals surface area contributed by atoms with Gasteiger partial charge in [-0.1, -0.05) is 0 Å². The Morgan fingerprint density at radius 1 is 1.08 bits per heavy atom. The monoisotopic (exact) mass is 360 g/mol. The van der Waals surface area contributed by atoms with Crippen LogP contribution in [0.25, 0.3) is 0 Å². The summed E-state index contributed by atoms with van der Waals surface area (Å²) in [4.78, 5) is 14.6. The van der Waals surface area contributed by atoms with Gasteiger partial charge in [0.2, 0.25) is 0 Å². The fraction of sp³-hybridized carbons (Fsp3) is 0.350. The van der Waals surface area contributed by atoms with Gasteiger partial charge in [-0.05, 0) is 62.6 Å². The number of halogens is 2. The Hall–Kier alpha value is -2.63. The van der Waals surface area contributed by atoms with Gasteiger partial charge in [-0.15, -0.1) is 0 Å². The lowest BCUT2D eigenvalue weighted by molar-refractivity contribution is -0.122. The Kier molecular flexibility index (Phi) is 5.71. The lowest BCUT2D eigenvalue weighted by Gasteiger charge is -2.28. The molecule has 1 aliphatic rings. The molecule has 0 spiro atoms. The van der Waals surface area contributed by atoms with E-state index in [0.717, 1.165) is 30.9 Å². The van der Waals surface area contributed by atoms with Crippen LogP contribution in [-0.4, -0.2) is 25.1 Å². The van der Waals surface area contributed by atoms with Crippen LogP contribution in [0.2, 0.25) is 0 Å². The van der Waals surface area contributed by atoms with E-state index in [-0.39, 0.29) is 5.75 Å². The number of ether oxygens (including phenoxy) is 1. The van der Waals surface area contributed by atoms with Crippen LogP contribution in [-0.2, 0) is 4.79 Å². The summed E-state index contributed by atoms with van der Waals surface area (Å²) < 4.78 is 31.8. The first-order valence-electron chi connectivity index (χ1n) is 8.80. The Bertz CT molecular complexity index is 759. The number of nitrogens with zero attached hydrogens (tertiary/aromatic N) is 1. The predicted molar refractivity (Wildman–Crippen MR) is 97.6 cm³/mol. The summed E-state index contributed by atoms with van der Waals surface area (Å²) in [6.07, 6.45) is 2.76. The molecule has 0 radical (unpaired) electrons. The maximum Gasteiger partial charge on any atom is 0.265 e. The van der Waals surface area contributed by atoms with Crippen molar-refractivity contribution in [1.29, 1.82) is 0 Å². The average molecular weight is 360 g/mol. The third kappa shape index (κ3) is 4.50. The standard InChI is InChI=1S/C20H22F2N2O2/c1-14(26-19-10-5-15(21)13-18(19)22)20(25)23-16-6-8-17(9-7-16)24-11-3-2-4-12-24/h5-10,13-14H,2-4,11-12H2,1H3,(H,23,25). The van der Waals surface area contributed by atoms with Crippen LogP contribution in [0.15, 0.2) is 42.5 Å². The number of amides is 1. The van der Waals surface area contributed by atoms with Gasteiger partial charge in [0.05, 0.1) is 0 Å². The van der Waals surface area contributed by atoms with Gasteiger partial charge >= 0.3 is 0 Å². The van der Waals surface area contributed by atoms with Gasteiger partial charge < -0.3 is 15.0 Å². The zero-order valence-corrected chi connectivity index (χ0v) is 14.7. The van der Waals surface area contributed by atoms with Crippen molar-refractivity contribution in [3.05, 3.63) is 54.1 Å². The van der Waals surface area contributed by atoms with Crippen LogP contribution in [0.3, 0.4) is 0 Å². The number of hydrogen-bond donors (Lipinski definition) is 1. The molecule has 1 N–H and O–H groups in total. The molecular formula is C20H22F2N2O2. The molecule has 1 unspecified atom stereocenters. The Labute approximate surface area is 151 Å². The first-order chi connectivity index (χ1) is 12.5. The second-order valence-electron chi connectivity index (χ2n) is 6.42. The normalized spacial score (nSPS) is 15.4. The van der Waals surface area contributed by atoms with Crippen LogP contribution in [0.5, 0.6) is 5.75 Å². The largest absolute Gasteiger partial charge is 0.478 e. The van der Waals surface area contributed by atoms with Crippen LogP contribution >= 0.6 is 0 Å². The van der Waals surface area contributed by atoms with Crippen LogP contribution in [0.1, 0.15) is 26.2 Å². The molecule has 4 nitrogen and oxygen atoms in total. The van der Waals surface area contributed by atoms with Gasteiger partial charge in [0.25, 0.3) is 5.91 Å². The van der Waals surface area contributed by atoms with E-state index >= 15 is 0 Å². The van der Waals surface area contributed by atoms with E-state index in [4.69, 9.17) is 4.74 Å². The van der Waals surface area contributed by atoms with Crippen molar-refractivity contribution in [2.45, 2.75) is 32.3 Å². The molecule has 6 heteroatoms. The highest BCUT2D eigenvalue weighted by Crippen LogP contribution is 2.23. The lowest BCUT2D eigenvalue weighted by atomic mass is 10.1. The van der Waals surface area contributed by atoms with Crippen molar-refractivity contribution in [1.82, 2.24) is 0 Å². The van der Waals surface area contributed by atoms with Crippen molar-refractivity contribution in [2.24, 2.45) is 0 Å². The molecule has 138 valence electrons. The predicted octanol–water partition coefficient (Wildman–Crippen LogP) is 4.36. The highest BCUT2D eigenvalue weighted by Gasteiger charge is 2.17. The smallest absolute Gasteiger partial charge is 0.265 e. The molecule has 1 fully saturated rings. The highest BCUT2D eigenvalue weighted by atomic mass is 19.1. The first kappa shape index (κ1) is 18.2. The Morgan fingerprint density at radius 3 is 2.42 bits per heavy atom. The minimum atomic E-state index is -0.920. The molecule has 1 saturated heterocycles. The highest BCUT2D eigenvalue weighted by molar-refractivity contribution is 5.94. The average Bonchev–Trinajstić information content (AvgIpc) is 2.65. The summed E-state index contributed by atoms with van der Waals surface area (Å²) in [6, 6.07) is 10.6. The third-order valence-electron chi connectivity index (χ3n) is 4.42. The van der Waals surface area contributed by atoms with Crippen LogP contribution in [0, 0.1) is 11.6 Å². The van der Waals surface area contributed by atoms with Gasteiger partial charge in [-0.3, -0.25) is 4.79 Å². The van der Waals surface area contributed by atoms with E-state index in [2.05, 4.69) is 10.2 Å². The topological polar surface area (TPSA) is 41.6 Å². The van der Waals surface area contributed by atoms with E-state index in [1.807, 2.05) is 24.3 Å². The molecule has 0 saturated carbocycles. The number of rotatable bonds is 5. The number of benzene rings is 2. The zero-order chi connectivity index (χ0) is 18.5. The van der Waals surface area contributed by atoms with Crippen LogP contribution in [0.4, 0.5) is 20.2 Å². The van der Waals surface area contributed by atoms with Crippen molar-refractivity contribution in [2.75, 3.05) is 23.3 Å². The van der Waals surface area contributed by atoms with E-state index in [9.17, 15) is 13.6 Å². The number of carbonyl (C=O) groups excluding carboxylic acids is 1. The molecule has 3 rings (SSSR count). The fourth-order valence-electron chi connectivity index (χ4n) is 2.97. The number of anilines is 2. The van der Waals surface area contributed by atoms with Gasteiger partial charge in [-0.2, -0.15) is 0 Å². The molecule has 1 heterocycles. The van der Waals surface area contributed by atoms with E-state index in [1.165, 1.54) is 32.3 Å².